The largest absolute Gasteiger partial charge is 0.310 e. The van der Waals surface area contributed by atoms with Gasteiger partial charge in [-0.3, -0.25) is 0 Å². The molecule has 0 aliphatic carbocycles. The van der Waals surface area contributed by atoms with E-state index >= 15 is 0 Å². The third-order valence-corrected chi connectivity index (χ3v) is 12.1. The van der Waals surface area contributed by atoms with Gasteiger partial charge in [-0.15, -0.1) is 11.8 Å². The summed E-state index contributed by atoms with van der Waals surface area (Å²) in [7, 11) is 0. The number of allylic oxidation sites excluding steroid dienone is 3. The fourth-order valence-corrected chi connectivity index (χ4v) is 9.38. The molecule has 0 aromatic heterocycles. The molecule has 0 spiro atoms. The Balaban J connectivity index is 1.21. The number of thioether (sulfide) groups is 1. The van der Waals surface area contributed by atoms with Crippen LogP contribution in [0.15, 0.2) is 217 Å². The monoisotopic (exact) mass is 733 g/mol. The summed E-state index contributed by atoms with van der Waals surface area (Å²) in [6.07, 6.45) is 9.77. The molecule has 1 nitrogen and oxygen atoms in total. The number of hydrogen-bond donors (Lipinski definition) is 0. The molecule has 0 radical (unpaired) electrons. The molecule has 56 heavy (non-hydrogen) atoms. The van der Waals surface area contributed by atoms with Crippen molar-refractivity contribution in [1.29, 1.82) is 0 Å². The molecule has 0 amide bonds. The summed E-state index contributed by atoms with van der Waals surface area (Å²) in [5.41, 5.74) is 12.0. The number of nitrogens with zero attached hydrogens (tertiary/aromatic N) is 1. The average Bonchev–Trinajstić information content (AvgIpc) is 3.40. The van der Waals surface area contributed by atoms with Crippen LogP contribution < -0.4 is 4.90 Å². The van der Waals surface area contributed by atoms with Crippen molar-refractivity contribution in [3.8, 4) is 33.4 Å². The Bertz CT molecular complexity index is 2890. The molecule has 266 valence electrons. The molecule has 0 fully saturated rings. The van der Waals surface area contributed by atoms with Gasteiger partial charge in [0.05, 0.1) is 5.69 Å². The lowest BCUT2D eigenvalue weighted by Crippen LogP contribution is -2.11. The molecule has 0 bridgehead atoms. The van der Waals surface area contributed by atoms with Gasteiger partial charge in [0.2, 0.25) is 0 Å². The van der Waals surface area contributed by atoms with E-state index in [9.17, 15) is 0 Å². The van der Waals surface area contributed by atoms with Gasteiger partial charge in [-0.05, 0) is 109 Å². The Morgan fingerprint density at radius 2 is 0.946 bits per heavy atom. The van der Waals surface area contributed by atoms with Gasteiger partial charge in [0.1, 0.15) is 0 Å². The van der Waals surface area contributed by atoms with Crippen molar-refractivity contribution in [2.45, 2.75) is 11.3 Å². The van der Waals surface area contributed by atoms with Crippen LogP contribution in [-0.4, -0.2) is 5.75 Å². The highest BCUT2D eigenvalue weighted by atomic mass is 32.2. The second kappa shape index (κ2) is 14.9. The fourth-order valence-electron chi connectivity index (χ4n) is 8.33. The van der Waals surface area contributed by atoms with Crippen molar-refractivity contribution < 1.29 is 0 Å². The number of anilines is 3. The van der Waals surface area contributed by atoms with Crippen LogP contribution in [0.3, 0.4) is 0 Å². The Morgan fingerprint density at radius 3 is 1.66 bits per heavy atom. The zero-order valence-corrected chi connectivity index (χ0v) is 31.8. The van der Waals surface area contributed by atoms with Gasteiger partial charge in [0, 0.05) is 27.6 Å². The molecule has 9 aromatic rings. The molecule has 0 saturated carbocycles. The summed E-state index contributed by atoms with van der Waals surface area (Å²) in [5.74, 6) is 0.941. The average molecular weight is 734 g/mol. The molecule has 0 saturated heterocycles. The van der Waals surface area contributed by atoms with Crippen LogP contribution in [0.25, 0.3) is 65.7 Å². The van der Waals surface area contributed by atoms with Gasteiger partial charge in [-0.25, -0.2) is 0 Å². The zero-order valence-electron chi connectivity index (χ0n) is 31.0. The minimum atomic E-state index is 0.919. The zero-order chi connectivity index (χ0) is 37.3. The molecule has 0 unspecified atom stereocenters. The van der Waals surface area contributed by atoms with Crippen molar-refractivity contribution in [1.82, 2.24) is 0 Å². The third-order valence-electron chi connectivity index (χ3n) is 11.0. The van der Waals surface area contributed by atoms with E-state index in [-0.39, 0.29) is 0 Å². The van der Waals surface area contributed by atoms with E-state index in [0.29, 0.717) is 0 Å². The molecule has 1 heterocycles. The quantitative estimate of drug-likeness (QED) is 0.157. The molecule has 9 aromatic carbocycles. The van der Waals surface area contributed by atoms with Crippen LogP contribution in [0.5, 0.6) is 0 Å². The molecule has 0 N–H and O–H groups in total. The van der Waals surface area contributed by atoms with Gasteiger partial charge in [0.15, 0.2) is 0 Å². The SMILES string of the molecule is C1=CCSc2c(cccc2-c2ccc(N(c3ccc(-c4ccccc4)cc3)c3ccc4c5ccccc5c5ccccc5c4c3)c(-c3ccccc3)c2)CC=C1. The van der Waals surface area contributed by atoms with Gasteiger partial charge < -0.3 is 4.90 Å². The van der Waals surface area contributed by atoms with Crippen molar-refractivity contribution in [3.05, 3.63) is 218 Å². The molecule has 10 rings (SSSR count). The fraction of sp³-hybridized carbons (Fsp3) is 0.0370. The first-order valence-electron chi connectivity index (χ1n) is 19.4. The normalized spacial score (nSPS) is 12.6. The van der Waals surface area contributed by atoms with E-state index in [2.05, 4.69) is 217 Å². The number of fused-ring (bicyclic) bond motifs is 7. The maximum atomic E-state index is 2.45. The lowest BCUT2D eigenvalue weighted by Gasteiger charge is -2.29. The van der Waals surface area contributed by atoms with Gasteiger partial charge in [-0.2, -0.15) is 0 Å². The first-order chi connectivity index (χ1) is 27.8. The Labute approximate surface area is 332 Å². The van der Waals surface area contributed by atoms with E-state index in [4.69, 9.17) is 0 Å². The first kappa shape index (κ1) is 33.9. The summed E-state index contributed by atoms with van der Waals surface area (Å²) < 4.78 is 0. The molecule has 2 heteroatoms. The Hall–Kier alpha value is -6.61. The van der Waals surface area contributed by atoms with Gasteiger partial charge in [-0.1, -0.05) is 176 Å². The van der Waals surface area contributed by atoms with Crippen molar-refractivity contribution in [2.24, 2.45) is 0 Å². The standard InChI is InChI=1S/C54H39NS/c1-2-14-35-56-54-41(20-5-1)21-15-26-45(54)42-29-34-53(51(36-42)40-18-8-4-9-19-40)55(43-30-27-39(28-31-43)38-16-6-3-7-17-38)44-32-33-50-48-24-11-10-22-46(48)47-23-12-13-25-49(47)52(50)37-44/h1-19,21-34,36-37H,20,35H2. The molecular weight excluding hydrogens is 695 g/mol. The summed E-state index contributed by atoms with van der Waals surface area (Å²) >= 11 is 1.93. The van der Waals surface area contributed by atoms with Crippen LogP contribution in [0.2, 0.25) is 0 Å². The second-order valence-electron chi connectivity index (χ2n) is 14.3. The maximum absolute atomic E-state index is 2.45. The molecule has 0 atom stereocenters. The van der Waals surface area contributed by atoms with E-state index in [1.165, 1.54) is 76.2 Å². The van der Waals surface area contributed by atoms with Gasteiger partial charge >= 0.3 is 0 Å². The minimum Gasteiger partial charge on any atom is -0.310 e. The van der Waals surface area contributed by atoms with E-state index < -0.39 is 0 Å². The van der Waals surface area contributed by atoms with Crippen molar-refractivity contribution in [3.63, 3.8) is 0 Å². The highest BCUT2D eigenvalue weighted by molar-refractivity contribution is 7.99. The van der Waals surface area contributed by atoms with Crippen LogP contribution in [-0.2, 0) is 6.42 Å². The number of benzene rings is 9. The summed E-state index contributed by atoms with van der Waals surface area (Å²) in [6.45, 7) is 0. The molecule has 1 aliphatic rings. The predicted molar refractivity (Wildman–Crippen MR) is 243 cm³/mol. The molecular formula is C54H39NS. The van der Waals surface area contributed by atoms with E-state index in [0.717, 1.165) is 29.2 Å². The van der Waals surface area contributed by atoms with Crippen LogP contribution >= 0.6 is 11.8 Å². The molecule has 1 aliphatic heterocycles. The topological polar surface area (TPSA) is 3.24 Å². The Morgan fingerprint density at radius 1 is 0.375 bits per heavy atom. The van der Waals surface area contributed by atoms with E-state index in [1.807, 2.05) is 11.8 Å². The first-order valence-corrected chi connectivity index (χ1v) is 20.3. The van der Waals surface area contributed by atoms with Crippen LogP contribution in [0, 0.1) is 0 Å². The van der Waals surface area contributed by atoms with Crippen molar-refractivity contribution >= 4 is 61.1 Å². The lowest BCUT2D eigenvalue weighted by molar-refractivity contribution is 1.18. The highest BCUT2D eigenvalue weighted by Gasteiger charge is 2.21. The number of rotatable bonds is 6. The second-order valence-corrected chi connectivity index (χ2v) is 15.4. The maximum Gasteiger partial charge on any atom is 0.0540 e. The van der Waals surface area contributed by atoms with E-state index in [1.54, 1.807) is 0 Å². The third kappa shape index (κ3) is 6.28. The van der Waals surface area contributed by atoms with Crippen LogP contribution in [0.4, 0.5) is 17.1 Å². The summed E-state index contributed by atoms with van der Waals surface area (Å²) in [6, 6.07) is 69.1. The van der Waals surface area contributed by atoms with Gasteiger partial charge in [0.25, 0.3) is 0 Å². The highest BCUT2D eigenvalue weighted by Crippen LogP contribution is 2.46. The van der Waals surface area contributed by atoms with Crippen LogP contribution in [0.1, 0.15) is 5.56 Å². The minimum absolute atomic E-state index is 0.919. The number of hydrogen-bond acceptors (Lipinski definition) is 2. The lowest BCUT2D eigenvalue weighted by atomic mass is 9.93. The summed E-state index contributed by atoms with van der Waals surface area (Å²) in [4.78, 5) is 3.81. The smallest absolute Gasteiger partial charge is 0.0540 e. The Kier molecular flexibility index (Phi) is 9.03. The predicted octanol–water partition coefficient (Wildman–Crippen LogP) is 15.4. The summed E-state index contributed by atoms with van der Waals surface area (Å²) in [5, 5.41) is 7.61. The van der Waals surface area contributed by atoms with Crippen molar-refractivity contribution in [2.75, 3.05) is 10.7 Å².